The van der Waals surface area contributed by atoms with Gasteiger partial charge in [-0.25, -0.2) is 9.97 Å². The van der Waals surface area contributed by atoms with Crippen molar-refractivity contribution >= 4 is 23.3 Å². The quantitative estimate of drug-likeness (QED) is 0.458. The van der Waals surface area contributed by atoms with E-state index in [9.17, 15) is 9.90 Å². The Labute approximate surface area is 182 Å². The number of aliphatic carboxylic acids is 1. The summed E-state index contributed by atoms with van der Waals surface area (Å²) < 4.78 is 0. The highest BCUT2D eigenvalue weighted by molar-refractivity contribution is 5.83. The van der Waals surface area contributed by atoms with Crippen LogP contribution in [0.3, 0.4) is 0 Å². The van der Waals surface area contributed by atoms with E-state index in [0.29, 0.717) is 30.3 Å². The Balaban J connectivity index is 1.63. The lowest BCUT2D eigenvalue weighted by atomic mass is 9.64. The van der Waals surface area contributed by atoms with E-state index in [1.807, 2.05) is 80.6 Å². The Morgan fingerprint density at radius 3 is 2.29 bits per heavy atom. The number of carbonyl (C=O) groups is 1. The second-order valence-electron chi connectivity index (χ2n) is 7.87. The number of benzene rings is 2. The molecule has 0 aliphatic heterocycles. The van der Waals surface area contributed by atoms with Gasteiger partial charge < -0.3 is 15.7 Å². The van der Waals surface area contributed by atoms with Crippen LogP contribution in [0.2, 0.25) is 0 Å². The number of carboxylic acids is 1. The zero-order chi connectivity index (χ0) is 21.8. The molecule has 0 radical (unpaired) electrons. The second-order valence-corrected chi connectivity index (χ2v) is 7.87. The zero-order valence-corrected chi connectivity index (χ0v) is 17.7. The fourth-order valence-corrected chi connectivity index (χ4v) is 3.74. The molecule has 0 amide bonds. The van der Waals surface area contributed by atoms with Gasteiger partial charge in [0.05, 0.1) is 5.41 Å². The first-order valence-corrected chi connectivity index (χ1v) is 10.5. The number of nitrogens with one attached hydrogen (secondary N) is 2. The maximum Gasteiger partial charge on any atom is 0.314 e. The van der Waals surface area contributed by atoms with Crippen molar-refractivity contribution < 1.29 is 9.90 Å². The van der Waals surface area contributed by atoms with Gasteiger partial charge in [0, 0.05) is 23.0 Å². The molecular weight excluding hydrogens is 388 g/mol. The van der Waals surface area contributed by atoms with Crippen molar-refractivity contribution in [2.75, 3.05) is 10.6 Å². The standard InChI is InChI=1S/C25H26N4O2/c1-3-17(2)26-21-16-22(29-23(28-21)18-8-5-4-6-9-18)27-20-12-10-19(11-13-20)25(24(30)31)14-7-15-25/h3-6,8-13,16H,7,14-15H2,1-2H3,(H,30,31)(H2,26,27,28,29)/b17-3-. The van der Waals surface area contributed by atoms with Gasteiger partial charge in [0.25, 0.3) is 0 Å². The van der Waals surface area contributed by atoms with Gasteiger partial charge in [0.15, 0.2) is 5.82 Å². The molecule has 0 unspecified atom stereocenters. The van der Waals surface area contributed by atoms with Crippen LogP contribution in [0.4, 0.5) is 17.3 Å². The summed E-state index contributed by atoms with van der Waals surface area (Å²) in [7, 11) is 0. The maximum atomic E-state index is 11.8. The molecule has 1 aromatic heterocycles. The van der Waals surface area contributed by atoms with Crippen LogP contribution in [0.5, 0.6) is 0 Å². The van der Waals surface area contributed by atoms with Gasteiger partial charge in [-0.15, -0.1) is 0 Å². The van der Waals surface area contributed by atoms with E-state index in [0.717, 1.165) is 28.9 Å². The van der Waals surface area contributed by atoms with Gasteiger partial charge in [-0.2, -0.15) is 0 Å². The van der Waals surface area contributed by atoms with E-state index in [-0.39, 0.29) is 0 Å². The highest BCUT2D eigenvalue weighted by atomic mass is 16.4. The largest absolute Gasteiger partial charge is 0.481 e. The van der Waals surface area contributed by atoms with Crippen molar-refractivity contribution in [1.29, 1.82) is 0 Å². The Bertz CT molecular complexity index is 1100. The van der Waals surface area contributed by atoms with Crippen LogP contribution < -0.4 is 10.6 Å². The molecule has 1 heterocycles. The van der Waals surface area contributed by atoms with Crippen LogP contribution in [0.15, 0.2) is 72.4 Å². The molecule has 2 aromatic carbocycles. The molecule has 4 rings (SSSR count). The summed E-state index contributed by atoms with van der Waals surface area (Å²) in [5, 5.41) is 16.3. The Morgan fingerprint density at radius 1 is 1.03 bits per heavy atom. The lowest BCUT2D eigenvalue weighted by molar-refractivity contribution is -0.147. The number of hydrogen-bond donors (Lipinski definition) is 3. The molecule has 1 aliphatic carbocycles. The molecule has 1 saturated carbocycles. The van der Waals surface area contributed by atoms with Gasteiger partial charge in [0.2, 0.25) is 0 Å². The SMILES string of the molecule is C/C=C(/C)Nc1cc(Nc2ccc(C3(C(=O)O)CCC3)cc2)nc(-c2ccccc2)n1. The molecular formula is C25H26N4O2. The zero-order valence-electron chi connectivity index (χ0n) is 17.7. The minimum absolute atomic E-state index is 0.618. The molecule has 158 valence electrons. The number of nitrogens with zero attached hydrogens (tertiary/aromatic N) is 2. The summed E-state index contributed by atoms with van der Waals surface area (Å²) in [6.45, 7) is 3.95. The highest BCUT2D eigenvalue weighted by Gasteiger charge is 2.45. The van der Waals surface area contributed by atoms with Crippen molar-refractivity contribution in [3.63, 3.8) is 0 Å². The van der Waals surface area contributed by atoms with Crippen LogP contribution in [-0.4, -0.2) is 21.0 Å². The highest BCUT2D eigenvalue weighted by Crippen LogP contribution is 2.44. The lowest BCUT2D eigenvalue weighted by Gasteiger charge is -2.38. The van der Waals surface area contributed by atoms with Crippen LogP contribution in [-0.2, 0) is 10.2 Å². The van der Waals surface area contributed by atoms with Crippen LogP contribution in [0.25, 0.3) is 11.4 Å². The molecule has 0 atom stereocenters. The third-order valence-corrected chi connectivity index (χ3v) is 5.84. The van der Waals surface area contributed by atoms with Crippen molar-refractivity contribution in [1.82, 2.24) is 9.97 Å². The smallest absolute Gasteiger partial charge is 0.314 e. The molecule has 3 N–H and O–H groups in total. The normalized spacial score (nSPS) is 15.1. The third kappa shape index (κ3) is 4.28. The average Bonchev–Trinajstić information content (AvgIpc) is 2.74. The van der Waals surface area contributed by atoms with Crippen molar-refractivity contribution in [2.24, 2.45) is 0 Å². The van der Waals surface area contributed by atoms with Crippen LogP contribution in [0, 0.1) is 0 Å². The Hall–Kier alpha value is -3.67. The molecule has 6 heteroatoms. The molecule has 31 heavy (non-hydrogen) atoms. The van der Waals surface area contributed by atoms with Gasteiger partial charge in [-0.1, -0.05) is 55.0 Å². The summed E-state index contributed by atoms with van der Waals surface area (Å²) in [6, 6.07) is 19.3. The summed E-state index contributed by atoms with van der Waals surface area (Å²) >= 11 is 0. The fourth-order valence-electron chi connectivity index (χ4n) is 3.74. The predicted octanol–water partition coefficient (Wildman–Crippen LogP) is 5.73. The maximum absolute atomic E-state index is 11.8. The Morgan fingerprint density at radius 2 is 1.71 bits per heavy atom. The summed E-state index contributed by atoms with van der Waals surface area (Å²) in [4.78, 5) is 21.1. The molecule has 0 saturated heterocycles. The Kier molecular flexibility index (Phi) is 5.71. The monoisotopic (exact) mass is 414 g/mol. The number of rotatable bonds is 7. The molecule has 0 bridgehead atoms. The van der Waals surface area contributed by atoms with Gasteiger partial charge >= 0.3 is 5.97 Å². The first kappa shape index (κ1) is 20.6. The van der Waals surface area contributed by atoms with E-state index in [1.54, 1.807) is 0 Å². The second kappa shape index (κ2) is 8.60. The van der Waals surface area contributed by atoms with Crippen molar-refractivity contribution in [3.05, 3.63) is 78.0 Å². The molecule has 6 nitrogen and oxygen atoms in total. The fraction of sp³-hybridized carbons (Fsp3) is 0.240. The van der Waals surface area contributed by atoms with E-state index in [2.05, 4.69) is 20.6 Å². The van der Waals surface area contributed by atoms with Crippen molar-refractivity contribution in [3.8, 4) is 11.4 Å². The summed E-state index contributed by atoms with van der Waals surface area (Å²) in [5.74, 6) is 1.23. The molecule has 1 aliphatic rings. The first-order valence-electron chi connectivity index (χ1n) is 10.5. The van der Waals surface area contributed by atoms with E-state index >= 15 is 0 Å². The first-order chi connectivity index (χ1) is 15.0. The number of carboxylic acid groups (broad SMARTS) is 1. The number of aromatic nitrogens is 2. The number of hydrogen-bond acceptors (Lipinski definition) is 5. The van der Waals surface area contributed by atoms with Crippen LogP contribution in [0.1, 0.15) is 38.7 Å². The third-order valence-electron chi connectivity index (χ3n) is 5.84. The van der Waals surface area contributed by atoms with E-state index in [1.165, 1.54) is 0 Å². The van der Waals surface area contributed by atoms with E-state index < -0.39 is 11.4 Å². The topological polar surface area (TPSA) is 87.1 Å². The van der Waals surface area contributed by atoms with Gasteiger partial charge in [-0.3, -0.25) is 4.79 Å². The molecule has 3 aromatic rings. The average molecular weight is 415 g/mol. The summed E-state index contributed by atoms with van der Waals surface area (Å²) in [5.41, 5.74) is 2.89. The molecule has 0 spiro atoms. The lowest BCUT2D eigenvalue weighted by Crippen LogP contribution is -2.42. The number of anilines is 3. The number of allylic oxidation sites excluding steroid dienone is 2. The minimum atomic E-state index is -0.738. The predicted molar refractivity (Wildman–Crippen MR) is 123 cm³/mol. The van der Waals surface area contributed by atoms with Gasteiger partial charge in [-0.05, 0) is 44.4 Å². The van der Waals surface area contributed by atoms with E-state index in [4.69, 9.17) is 0 Å². The summed E-state index contributed by atoms with van der Waals surface area (Å²) in [6.07, 6.45) is 4.33. The van der Waals surface area contributed by atoms with Crippen LogP contribution >= 0.6 is 0 Å². The van der Waals surface area contributed by atoms with Gasteiger partial charge in [0.1, 0.15) is 11.6 Å². The minimum Gasteiger partial charge on any atom is -0.481 e. The molecule has 1 fully saturated rings. The van der Waals surface area contributed by atoms with Crippen molar-refractivity contribution in [2.45, 2.75) is 38.5 Å².